The molecule has 27 heavy (non-hydrogen) atoms. The summed E-state index contributed by atoms with van der Waals surface area (Å²) in [6.45, 7) is 1.81. The second kappa shape index (κ2) is 6.54. The van der Waals surface area contributed by atoms with E-state index in [2.05, 4.69) is 0 Å². The Bertz CT molecular complexity index is 1070. The molecule has 1 fully saturated rings. The number of anilines is 1. The molecule has 1 amide bonds. The van der Waals surface area contributed by atoms with Gasteiger partial charge in [-0.15, -0.1) is 11.3 Å². The molecule has 140 valence electrons. The van der Waals surface area contributed by atoms with Gasteiger partial charge >= 0.3 is 0 Å². The minimum Gasteiger partial charge on any atom is -0.508 e. The van der Waals surface area contributed by atoms with Crippen molar-refractivity contribution < 1.29 is 22.7 Å². The number of benzene rings is 1. The Balaban J connectivity index is 1.73. The Hall–Kier alpha value is -2.58. The zero-order valence-corrected chi connectivity index (χ0v) is 16.0. The molecular formula is C19H17NO5S2. The van der Waals surface area contributed by atoms with Gasteiger partial charge in [0.15, 0.2) is 0 Å². The lowest BCUT2D eigenvalue weighted by Gasteiger charge is -2.22. The molecule has 2 aromatic heterocycles. The Labute approximate surface area is 160 Å². The highest BCUT2D eigenvalue weighted by molar-refractivity contribution is 7.95. The van der Waals surface area contributed by atoms with E-state index in [1.165, 1.54) is 36.6 Å². The molecule has 0 aliphatic heterocycles. The van der Waals surface area contributed by atoms with Gasteiger partial charge in [0, 0.05) is 10.8 Å². The predicted octanol–water partition coefficient (Wildman–Crippen LogP) is 3.88. The van der Waals surface area contributed by atoms with Gasteiger partial charge in [-0.3, -0.25) is 4.79 Å². The summed E-state index contributed by atoms with van der Waals surface area (Å²) in [5.74, 6) is -0.389. The molecule has 1 saturated carbocycles. The van der Waals surface area contributed by atoms with Crippen LogP contribution in [0.3, 0.4) is 0 Å². The van der Waals surface area contributed by atoms with Crippen LogP contribution in [0.4, 0.5) is 5.69 Å². The van der Waals surface area contributed by atoms with Crippen molar-refractivity contribution in [2.75, 3.05) is 4.31 Å². The fourth-order valence-corrected chi connectivity index (χ4v) is 5.87. The summed E-state index contributed by atoms with van der Waals surface area (Å²) in [6.07, 6.45) is 2.08. The highest BCUT2D eigenvalue weighted by Gasteiger charge is 2.50. The number of carbonyl (C=O) groups is 1. The number of phenols is 1. The van der Waals surface area contributed by atoms with Crippen molar-refractivity contribution in [1.29, 1.82) is 0 Å². The van der Waals surface area contributed by atoms with Gasteiger partial charge in [0.1, 0.15) is 15.7 Å². The molecule has 4 rings (SSSR count). The van der Waals surface area contributed by atoms with Crippen molar-refractivity contribution in [3.8, 4) is 5.75 Å². The fraction of sp³-hybridized carbons (Fsp3) is 0.211. The number of aromatic hydroxyl groups is 1. The number of furan rings is 1. The molecule has 3 aromatic rings. The van der Waals surface area contributed by atoms with Gasteiger partial charge in [0.25, 0.3) is 10.0 Å². The van der Waals surface area contributed by atoms with E-state index < -0.39 is 21.8 Å². The van der Waals surface area contributed by atoms with Gasteiger partial charge in [-0.25, -0.2) is 4.31 Å². The second-order valence-corrected chi connectivity index (χ2v) is 9.75. The van der Waals surface area contributed by atoms with Crippen molar-refractivity contribution >= 4 is 33.0 Å². The SMILES string of the molecule is Cc1ccc(S(=O)(=O)N(C(=O)[C@H]2C[C@H]2c2ccco2)c2ccc(O)cc2)s1. The number of aryl methyl sites for hydroxylation is 1. The number of hydrogen-bond donors (Lipinski definition) is 1. The second-order valence-electron chi connectivity index (χ2n) is 6.45. The molecular weight excluding hydrogens is 386 g/mol. The monoisotopic (exact) mass is 403 g/mol. The maximum atomic E-state index is 13.2. The van der Waals surface area contributed by atoms with Gasteiger partial charge < -0.3 is 9.52 Å². The largest absolute Gasteiger partial charge is 0.508 e. The van der Waals surface area contributed by atoms with Crippen molar-refractivity contribution in [3.05, 3.63) is 65.4 Å². The maximum absolute atomic E-state index is 13.2. The van der Waals surface area contributed by atoms with Crippen LogP contribution < -0.4 is 4.31 Å². The lowest BCUT2D eigenvalue weighted by Crippen LogP contribution is -2.38. The van der Waals surface area contributed by atoms with Crippen LogP contribution in [0.2, 0.25) is 0 Å². The van der Waals surface area contributed by atoms with E-state index in [4.69, 9.17) is 4.42 Å². The third-order valence-corrected chi connectivity index (χ3v) is 7.70. The molecule has 0 unspecified atom stereocenters. The van der Waals surface area contributed by atoms with Crippen LogP contribution in [-0.2, 0) is 14.8 Å². The highest BCUT2D eigenvalue weighted by atomic mass is 32.2. The third kappa shape index (κ3) is 3.26. The van der Waals surface area contributed by atoms with Crippen molar-refractivity contribution in [1.82, 2.24) is 0 Å². The lowest BCUT2D eigenvalue weighted by molar-refractivity contribution is -0.118. The molecule has 2 heterocycles. The zero-order chi connectivity index (χ0) is 19.2. The molecule has 1 aliphatic carbocycles. The van der Waals surface area contributed by atoms with Crippen LogP contribution in [0.15, 0.2) is 63.4 Å². The number of thiophene rings is 1. The van der Waals surface area contributed by atoms with Crippen LogP contribution in [0.5, 0.6) is 5.75 Å². The van der Waals surface area contributed by atoms with Crippen LogP contribution in [0, 0.1) is 12.8 Å². The third-order valence-electron chi connectivity index (χ3n) is 4.51. The first-order valence-electron chi connectivity index (χ1n) is 8.36. The van der Waals surface area contributed by atoms with Crippen LogP contribution in [0.25, 0.3) is 0 Å². The summed E-state index contributed by atoms with van der Waals surface area (Å²) in [6, 6.07) is 12.3. The average molecular weight is 403 g/mol. The summed E-state index contributed by atoms with van der Waals surface area (Å²) in [7, 11) is -4.05. The van der Waals surface area contributed by atoms with Crippen LogP contribution in [-0.4, -0.2) is 19.4 Å². The summed E-state index contributed by atoms with van der Waals surface area (Å²) >= 11 is 1.12. The van der Waals surface area contributed by atoms with Crippen molar-refractivity contribution in [2.24, 2.45) is 5.92 Å². The van der Waals surface area contributed by atoms with E-state index in [0.29, 0.717) is 12.2 Å². The molecule has 8 heteroatoms. The number of hydrogen-bond acceptors (Lipinski definition) is 6. The summed E-state index contributed by atoms with van der Waals surface area (Å²) in [5, 5.41) is 9.53. The summed E-state index contributed by atoms with van der Waals surface area (Å²) < 4.78 is 32.8. The first kappa shape index (κ1) is 17.8. The molecule has 0 radical (unpaired) electrons. The topological polar surface area (TPSA) is 87.8 Å². The minimum absolute atomic E-state index is 0.00426. The van der Waals surface area contributed by atoms with E-state index in [1.807, 2.05) is 6.92 Å². The van der Waals surface area contributed by atoms with E-state index in [0.717, 1.165) is 20.5 Å². The van der Waals surface area contributed by atoms with Crippen LogP contribution >= 0.6 is 11.3 Å². The zero-order valence-electron chi connectivity index (χ0n) is 14.4. The molecule has 0 saturated heterocycles. The number of carbonyl (C=O) groups excluding carboxylic acids is 1. The van der Waals surface area contributed by atoms with Crippen molar-refractivity contribution in [3.63, 3.8) is 0 Å². The van der Waals surface area contributed by atoms with Gasteiger partial charge in [0.2, 0.25) is 5.91 Å². The number of phenolic OH excluding ortho intramolecular Hbond substituents is 1. The summed E-state index contributed by atoms with van der Waals surface area (Å²) in [5.41, 5.74) is 0.203. The van der Waals surface area contributed by atoms with E-state index >= 15 is 0 Å². The van der Waals surface area contributed by atoms with Crippen LogP contribution in [0.1, 0.15) is 23.0 Å². The number of sulfonamides is 1. The molecule has 1 N–H and O–H groups in total. The molecule has 1 aromatic carbocycles. The molecule has 6 nitrogen and oxygen atoms in total. The van der Waals surface area contributed by atoms with Gasteiger partial charge in [-0.2, -0.15) is 8.42 Å². The Morgan fingerprint density at radius 1 is 1.19 bits per heavy atom. The average Bonchev–Trinajstić information content (AvgIpc) is 3.03. The normalized spacial score (nSPS) is 19.0. The smallest absolute Gasteiger partial charge is 0.280 e. The number of rotatable bonds is 5. The number of nitrogens with zero attached hydrogens (tertiary/aromatic N) is 1. The van der Waals surface area contributed by atoms with Gasteiger partial charge in [-0.1, -0.05) is 0 Å². The number of amides is 1. The Kier molecular flexibility index (Phi) is 4.32. The Morgan fingerprint density at radius 2 is 1.93 bits per heavy atom. The molecule has 0 bridgehead atoms. The van der Waals surface area contributed by atoms with Gasteiger partial charge in [-0.05, 0) is 61.9 Å². The first-order chi connectivity index (χ1) is 12.9. The first-order valence-corrected chi connectivity index (χ1v) is 10.6. The van der Waals surface area contributed by atoms with Crippen molar-refractivity contribution in [2.45, 2.75) is 23.5 Å². The maximum Gasteiger partial charge on any atom is 0.280 e. The van der Waals surface area contributed by atoms with E-state index in [-0.39, 0.29) is 21.6 Å². The quantitative estimate of drug-likeness (QED) is 0.698. The minimum atomic E-state index is -4.05. The fourth-order valence-electron chi connectivity index (χ4n) is 3.05. The standard InChI is InChI=1S/C19H17NO5S2/c1-12-4-9-18(26-12)27(23,24)20(13-5-7-14(21)8-6-13)19(22)16-11-15(16)17-3-2-10-25-17/h2-10,15-16,21H,11H2,1H3/t15-,16+/m1/s1. The van der Waals surface area contributed by atoms with E-state index in [9.17, 15) is 18.3 Å². The summed E-state index contributed by atoms with van der Waals surface area (Å²) in [4.78, 5) is 14.0. The molecule has 2 atom stereocenters. The highest BCUT2D eigenvalue weighted by Crippen LogP contribution is 2.49. The lowest BCUT2D eigenvalue weighted by atomic mass is 10.2. The van der Waals surface area contributed by atoms with E-state index in [1.54, 1.807) is 18.2 Å². The molecule has 0 spiro atoms. The Morgan fingerprint density at radius 3 is 2.52 bits per heavy atom. The molecule has 1 aliphatic rings. The van der Waals surface area contributed by atoms with Gasteiger partial charge in [0.05, 0.1) is 17.9 Å². The predicted molar refractivity (Wildman–Crippen MR) is 101 cm³/mol.